The van der Waals surface area contributed by atoms with Crippen LogP contribution < -0.4 is 5.32 Å². The summed E-state index contributed by atoms with van der Waals surface area (Å²) < 4.78 is 27.6. The number of benzene rings is 1. The van der Waals surface area contributed by atoms with Crippen LogP contribution in [0, 0.1) is 5.92 Å². The van der Waals surface area contributed by atoms with Gasteiger partial charge in [-0.25, -0.2) is 8.42 Å². The van der Waals surface area contributed by atoms with E-state index < -0.39 is 27.8 Å². The smallest absolute Gasteiger partial charge is 0.307 e. The topological polar surface area (TPSA) is 89.5 Å². The molecule has 1 aromatic carbocycles. The van der Waals surface area contributed by atoms with Gasteiger partial charge in [-0.3, -0.25) is 9.59 Å². The second-order valence-corrected chi connectivity index (χ2v) is 7.58. The molecule has 6 nitrogen and oxygen atoms in total. The summed E-state index contributed by atoms with van der Waals surface area (Å²) in [6.07, 6.45) is 0.333. The average Bonchev–Trinajstić information content (AvgIpc) is 2.87. The number of carbonyl (C=O) groups excluding carboxylic acids is 2. The molecule has 1 N–H and O–H groups in total. The predicted molar refractivity (Wildman–Crippen MR) is 80.7 cm³/mol. The minimum absolute atomic E-state index is 0.00568. The van der Waals surface area contributed by atoms with Crippen LogP contribution in [0.15, 0.2) is 30.3 Å². The van der Waals surface area contributed by atoms with Gasteiger partial charge in [0.2, 0.25) is 5.91 Å². The molecule has 1 saturated heterocycles. The van der Waals surface area contributed by atoms with Crippen LogP contribution in [0.3, 0.4) is 0 Å². The van der Waals surface area contributed by atoms with E-state index in [4.69, 9.17) is 0 Å². The lowest BCUT2D eigenvalue weighted by atomic mass is 10.0. The van der Waals surface area contributed by atoms with Gasteiger partial charge < -0.3 is 10.1 Å². The third-order valence-electron chi connectivity index (χ3n) is 3.72. The summed E-state index contributed by atoms with van der Waals surface area (Å²) in [4.78, 5) is 23.8. The summed E-state index contributed by atoms with van der Waals surface area (Å²) in [5.41, 5.74) is 0.780. The molecule has 0 saturated carbocycles. The summed E-state index contributed by atoms with van der Waals surface area (Å²) in [7, 11) is -1.83. The van der Waals surface area contributed by atoms with Crippen LogP contribution in [-0.2, 0) is 24.2 Å². The van der Waals surface area contributed by atoms with Crippen molar-refractivity contribution in [2.24, 2.45) is 5.92 Å². The van der Waals surface area contributed by atoms with Crippen molar-refractivity contribution in [1.82, 2.24) is 5.32 Å². The summed E-state index contributed by atoms with van der Waals surface area (Å²) >= 11 is 0. The average molecular weight is 325 g/mol. The van der Waals surface area contributed by atoms with Crippen LogP contribution >= 0.6 is 0 Å². The zero-order chi connectivity index (χ0) is 16.2. The molecule has 0 unspecified atom stereocenters. The zero-order valence-electron chi connectivity index (χ0n) is 12.3. The van der Waals surface area contributed by atoms with Crippen molar-refractivity contribution in [3.05, 3.63) is 35.9 Å². The SMILES string of the molecule is COC(=O)C[C@H](NC(=O)[C@H]1CCS(=O)(=O)C1)c1ccccc1. The molecule has 7 heteroatoms. The van der Waals surface area contributed by atoms with Crippen LogP contribution in [0.2, 0.25) is 0 Å². The Hall–Kier alpha value is -1.89. The number of sulfone groups is 1. The molecule has 0 spiro atoms. The number of amides is 1. The first-order chi connectivity index (χ1) is 10.4. The minimum atomic E-state index is -3.12. The lowest BCUT2D eigenvalue weighted by molar-refractivity contribution is -0.141. The van der Waals surface area contributed by atoms with Crippen molar-refractivity contribution in [3.8, 4) is 0 Å². The van der Waals surface area contributed by atoms with Gasteiger partial charge in [0, 0.05) is 0 Å². The lowest BCUT2D eigenvalue weighted by Gasteiger charge is -2.20. The van der Waals surface area contributed by atoms with Gasteiger partial charge in [0.05, 0.1) is 37.0 Å². The molecular weight excluding hydrogens is 306 g/mol. The van der Waals surface area contributed by atoms with Crippen molar-refractivity contribution < 1.29 is 22.7 Å². The fraction of sp³-hybridized carbons (Fsp3) is 0.467. The number of nitrogens with one attached hydrogen (secondary N) is 1. The normalized spacial score (nSPS) is 21.0. The molecule has 2 atom stereocenters. The number of esters is 1. The number of ether oxygens (including phenoxy) is 1. The zero-order valence-corrected chi connectivity index (χ0v) is 13.1. The highest BCUT2D eigenvalue weighted by Gasteiger charge is 2.34. The molecule has 1 fully saturated rings. The first-order valence-corrected chi connectivity index (χ1v) is 8.86. The predicted octanol–water partition coefficient (Wildman–Crippen LogP) is 0.842. The fourth-order valence-electron chi connectivity index (χ4n) is 2.48. The molecule has 0 radical (unpaired) electrons. The fourth-order valence-corrected chi connectivity index (χ4v) is 4.22. The van der Waals surface area contributed by atoms with Crippen molar-refractivity contribution in [2.45, 2.75) is 18.9 Å². The maximum Gasteiger partial charge on any atom is 0.307 e. The van der Waals surface area contributed by atoms with Gasteiger partial charge in [-0.1, -0.05) is 30.3 Å². The number of hydrogen-bond donors (Lipinski definition) is 1. The van der Waals surface area contributed by atoms with E-state index in [1.165, 1.54) is 7.11 Å². The molecule has 120 valence electrons. The van der Waals surface area contributed by atoms with Gasteiger partial charge in [-0.05, 0) is 12.0 Å². The Balaban J connectivity index is 2.09. The third kappa shape index (κ3) is 4.30. The van der Waals surface area contributed by atoms with Crippen LogP contribution in [0.5, 0.6) is 0 Å². The Morgan fingerprint density at radius 1 is 1.32 bits per heavy atom. The van der Waals surface area contributed by atoms with Gasteiger partial charge in [-0.15, -0.1) is 0 Å². The monoisotopic (exact) mass is 325 g/mol. The van der Waals surface area contributed by atoms with Gasteiger partial charge in [-0.2, -0.15) is 0 Å². The number of methoxy groups -OCH3 is 1. The highest BCUT2D eigenvalue weighted by Crippen LogP contribution is 2.22. The first kappa shape index (κ1) is 16.5. The Labute approximate surface area is 129 Å². The second-order valence-electron chi connectivity index (χ2n) is 5.35. The van der Waals surface area contributed by atoms with Gasteiger partial charge in [0.25, 0.3) is 0 Å². The Kier molecular flexibility index (Phi) is 5.18. The van der Waals surface area contributed by atoms with Crippen LogP contribution in [0.1, 0.15) is 24.4 Å². The highest BCUT2D eigenvalue weighted by atomic mass is 32.2. The van der Waals surface area contributed by atoms with Crippen molar-refractivity contribution in [2.75, 3.05) is 18.6 Å². The maximum absolute atomic E-state index is 12.3. The molecular formula is C15H19NO5S. The molecule has 1 heterocycles. The van der Waals surface area contributed by atoms with E-state index in [-0.39, 0.29) is 23.8 Å². The van der Waals surface area contributed by atoms with E-state index in [0.717, 1.165) is 5.56 Å². The van der Waals surface area contributed by atoms with E-state index in [1.807, 2.05) is 18.2 Å². The van der Waals surface area contributed by atoms with Crippen molar-refractivity contribution in [3.63, 3.8) is 0 Å². The Bertz CT molecular complexity index is 641. The van der Waals surface area contributed by atoms with Crippen LogP contribution in [-0.4, -0.2) is 38.9 Å². The summed E-state index contributed by atoms with van der Waals surface area (Å²) in [5, 5.41) is 2.77. The van der Waals surface area contributed by atoms with Crippen LogP contribution in [0.4, 0.5) is 0 Å². The Morgan fingerprint density at radius 2 is 2.00 bits per heavy atom. The van der Waals surface area contributed by atoms with E-state index >= 15 is 0 Å². The van der Waals surface area contributed by atoms with Crippen LogP contribution in [0.25, 0.3) is 0 Å². The van der Waals surface area contributed by atoms with E-state index in [9.17, 15) is 18.0 Å². The van der Waals surface area contributed by atoms with E-state index in [2.05, 4.69) is 10.1 Å². The molecule has 1 aliphatic heterocycles. The van der Waals surface area contributed by atoms with Crippen molar-refractivity contribution in [1.29, 1.82) is 0 Å². The Morgan fingerprint density at radius 3 is 2.55 bits per heavy atom. The van der Waals surface area contributed by atoms with Gasteiger partial charge in [0.1, 0.15) is 0 Å². The second kappa shape index (κ2) is 6.91. The molecule has 1 aliphatic rings. The standard InChI is InChI=1S/C15H19NO5S/c1-21-14(17)9-13(11-5-3-2-4-6-11)16-15(18)12-7-8-22(19,20)10-12/h2-6,12-13H,7-10H2,1H3,(H,16,18)/t12-,13-/m0/s1. The maximum atomic E-state index is 12.3. The molecule has 2 rings (SSSR count). The summed E-state index contributed by atoms with van der Waals surface area (Å²) in [6.45, 7) is 0. The minimum Gasteiger partial charge on any atom is -0.469 e. The third-order valence-corrected chi connectivity index (χ3v) is 5.49. The number of carbonyl (C=O) groups is 2. The molecule has 22 heavy (non-hydrogen) atoms. The van der Waals surface area contributed by atoms with Gasteiger partial charge in [0.15, 0.2) is 9.84 Å². The quantitative estimate of drug-likeness (QED) is 0.810. The molecule has 0 aromatic heterocycles. The number of hydrogen-bond acceptors (Lipinski definition) is 5. The molecule has 1 aromatic rings. The first-order valence-electron chi connectivity index (χ1n) is 7.04. The molecule has 1 amide bonds. The largest absolute Gasteiger partial charge is 0.469 e. The summed E-state index contributed by atoms with van der Waals surface area (Å²) in [6, 6.07) is 8.55. The molecule has 0 aliphatic carbocycles. The summed E-state index contributed by atoms with van der Waals surface area (Å²) in [5.74, 6) is -1.41. The van der Waals surface area contributed by atoms with Gasteiger partial charge >= 0.3 is 5.97 Å². The number of rotatable bonds is 5. The molecule has 0 bridgehead atoms. The van der Waals surface area contributed by atoms with Crippen molar-refractivity contribution >= 4 is 21.7 Å². The highest BCUT2D eigenvalue weighted by molar-refractivity contribution is 7.91. The van der Waals surface area contributed by atoms with E-state index in [1.54, 1.807) is 12.1 Å². The lowest BCUT2D eigenvalue weighted by Crippen LogP contribution is -2.35. The van der Waals surface area contributed by atoms with E-state index in [0.29, 0.717) is 6.42 Å².